The van der Waals surface area contributed by atoms with Crippen molar-refractivity contribution in [3.63, 3.8) is 0 Å². The Balaban J connectivity index is 1.74. The number of hydrogen-bond donors (Lipinski definition) is 3. The summed E-state index contributed by atoms with van der Waals surface area (Å²) in [6.45, 7) is -0.00615. The first-order valence-electron chi connectivity index (χ1n) is 8.76. The van der Waals surface area contributed by atoms with Gasteiger partial charge in [-0.2, -0.15) is 0 Å². The van der Waals surface area contributed by atoms with Crippen LogP contribution in [0, 0.1) is 5.82 Å². The normalized spacial score (nSPS) is 11.0. The van der Waals surface area contributed by atoms with Crippen molar-refractivity contribution in [1.29, 1.82) is 0 Å². The Bertz CT molecular complexity index is 1150. The lowest BCUT2D eigenvalue weighted by molar-refractivity contribution is 0.155. The van der Waals surface area contributed by atoms with E-state index in [9.17, 15) is 27.7 Å². The number of anilines is 1. The van der Waals surface area contributed by atoms with E-state index < -0.39 is 28.9 Å². The number of ether oxygens (including phenoxy) is 1. The van der Waals surface area contributed by atoms with Gasteiger partial charge in [-0.05, 0) is 41.4 Å². The van der Waals surface area contributed by atoms with E-state index >= 15 is 0 Å². The molecule has 3 aromatic carbocycles. The fraction of sp³-hybridized carbons (Fsp3) is 0.0500. The molecule has 0 unspecified atom stereocenters. The molecule has 0 saturated carbocycles. The molecule has 0 heterocycles. The lowest BCUT2D eigenvalue weighted by atomic mass is 9.80. The minimum atomic E-state index is -4.12. The summed E-state index contributed by atoms with van der Waals surface area (Å²) in [5.41, 5.74) is 0.493. The van der Waals surface area contributed by atoms with Gasteiger partial charge in [0.1, 0.15) is 12.4 Å². The predicted octanol–water partition coefficient (Wildman–Crippen LogP) is 2.09. The molecule has 0 fully saturated rings. The summed E-state index contributed by atoms with van der Waals surface area (Å²) in [5, 5.41) is 20.7. The van der Waals surface area contributed by atoms with Crippen LogP contribution >= 0.6 is 0 Å². The third-order valence-electron chi connectivity index (χ3n) is 4.17. The van der Waals surface area contributed by atoms with Crippen molar-refractivity contribution in [3.8, 4) is 0 Å². The Labute approximate surface area is 172 Å². The Morgan fingerprint density at radius 1 is 0.967 bits per heavy atom. The number of benzene rings is 3. The van der Waals surface area contributed by atoms with Crippen molar-refractivity contribution in [2.45, 2.75) is 16.4 Å². The van der Waals surface area contributed by atoms with E-state index in [4.69, 9.17) is 4.74 Å². The molecule has 3 rings (SSSR count). The number of sulfone groups is 1. The van der Waals surface area contributed by atoms with E-state index in [1.54, 1.807) is 24.3 Å². The van der Waals surface area contributed by atoms with Crippen LogP contribution in [0.4, 0.5) is 14.9 Å². The molecule has 1 amide bonds. The first-order chi connectivity index (χ1) is 14.3. The van der Waals surface area contributed by atoms with Crippen LogP contribution in [0.1, 0.15) is 5.56 Å². The molecule has 0 saturated heterocycles. The minimum absolute atomic E-state index is 0.00615. The monoisotopic (exact) mass is 429 g/mol. The number of nitrogens with one attached hydrogen (secondary N) is 1. The molecule has 30 heavy (non-hydrogen) atoms. The maximum Gasteiger partial charge on any atom is 0.488 e. The molecule has 10 heteroatoms. The molecule has 0 bridgehead atoms. The molecule has 3 aromatic rings. The molecule has 0 radical (unpaired) electrons. The summed E-state index contributed by atoms with van der Waals surface area (Å²) >= 11 is 0. The zero-order valence-electron chi connectivity index (χ0n) is 15.5. The van der Waals surface area contributed by atoms with Gasteiger partial charge in [0, 0.05) is 0 Å². The SMILES string of the molecule is O=C(Nc1ccc(S(=O)(=O)c2cccc(B(O)O)c2)cc1F)OCc1ccccc1. The van der Waals surface area contributed by atoms with Crippen LogP contribution in [-0.2, 0) is 21.2 Å². The van der Waals surface area contributed by atoms with E-state index in [2.05, 4.69) is 5.32 Å². The summed E-state index contributed by atoms with van der Waals surface area (Å²) in [5.74, 6) is -0.967. The molecule has 0 aliphatic rings. The molecule has 154 valence electrons. The zero-order chi connectivity index (χ0) is 21.7. The van der Waals surface area contributed by atoms with Gasteiger partial charge in [-0.3, -0.25) is 5.32 Å². The van der Waals surface area contributed by atoms with Crippen LogP contribution in [0.2, 0.25) is 0 Å². The van der Waals surface area contributed by atoms with Gasteiger partial charge in [-0.15, -0.1) is 0 Å². The molecule has 0 aromatic heterocycles. The Morgan fingerprint density at radius 3 is 2.33 bits per heavy atom. The van der Waals surface area contributed by atoms with Crippen LogP contribution in [0.25, 0.3) is 0 Å². The number of hydrogen-bond acceptors (Lipinski definition) is 6. The maximum atomic E-state index is 14.4. The highest BCUT2D eigenvalue weighted by atomic mass is 32.2. The summed E-state index contributed by atoms with van der Waals surface area (Å²) in [6.07, 6.45) is -0.891. The number of amides is 1. The van der Waals surface area contributed by atoms with E-state index in [0.717, 1.165) is 29.8 Å². The molecular weight excluding hydrogens is 412 g/mol. The zero-order valence-corrected chi connectivity index (χ0v) is 16.3. The first kappa shape index (κ1) is 21.5. The van der Waals surface area contributed by atoms with Crippen molar-refractivity contribution >= 4 is 34.2 Å². The number of carbonyl (C=O) groups is 1. The summed E-state index contributed by atoms with van der Waals surface area (Å²) in [6, 6.07) is 17.0. The average Bonchev–Trinajstić information content (AvgIpc) is 2.74. The average molecular weight is 429 g/mol. The molecule has 0 aliphatic heterocycles. The third kappa shape index (κ3) is 5.04. The number of halogens is 1. The largest absolute Gasteiger partial charge is 0.488 e. The van der Waals surface area contributed by atoms with Crippen molar-refractivity contribution < 1.29 is 32.4 Å². The second kappa shape index (κ2) is 9.08. The Hall–Kier alpha value is -3.21. The van der Waals surface area contributed by atoms with Crippen LogP contribution in [0.3, 0.4) is 0 Å². The second-order valence-electron chi connectivity index (χ2n) is 6.28. The highest BCUT2D eigenvalue weighted by Crippen LogP contribution is 2.24. The number of rotatable bonds is 6. The summed E-state index contributed by atoms with van der Waals surface area (Å²) < 4.78 is 44.8. The Kier molecular flexibility index (Phi) is 6.51. The van der Waals surface area contributed by atoms with E-state index in [1.165, 1.54) is 18.2 Å². The van der Waals surface area contributed by atoms with E-state index in [1.807, 2.05) is 6.07 Å². The lowest BCUT2D eigenvalue weighted by Gasteiger charge is -2.10. The lowest BCUT2D eigenvalue weighted by Crippen LogP contribution is -2.30. The molecule has 0 aliphatic carbocycles. The van der Waals surface area contributed by atoms with Gasteiger partial charge in [0.25, 0.3) is 0 Å². The topological polar surface area (TPSA) is 113 Å². The van der Waals surface area contributed by atoms with Crippen molar-refractivity contribution in [1.82, 2.24) is 0 Å². The van der Waals surface area contributed by atoms with Gasteiger partial charge in [-0.1, -0.05) is 42.5 Å². The first-order valence-corrected chi connectivity index (χ1v) is 10.2. The van der Waals surface area contributed by atoms with Crippen LogP contribution in [0.15, 0.2) is 82.6 Å². The fourth-order valence-electron chi connectivity index (χ4n) is 2.61. The third-order valence-corrected chi connectivity index (χ3v) is 5.92. The molecule has 3 N–H and O–H groups in total. The maximum absolute atomic E-state index is 14.4. The standard InChI is InChI=1S/C20H17BFNO6S/c22-18-12-17(30(27,28)16-8-4-7-15(11-16)21(25)26)9-10-19(18)23-20(24)29-13-14-5-2-1-3-6-14/h1-12,25-26H,13H2,(H,23,24). The van der Waals surface area contributed by atoms with Crippen LogP contribution in [0.5, 0.6) is 0 Å². The van der Waals surface area contributed by atoms with Gasteiger partial charge < -0.3 is 14.8 Å². The van der Waals surface area contributed by atoms with Gasteiger partial charge in [0.05, 0.1) is 15.5 Å². The van der Waals surface area contributed by atoms with Gasteiger partial charge in [0.15, 0.2) is 0 Å². The summed E-state index contributed by atoms with van der Waals surface area (Å²) in [4.78, 5) is 11.3. The highest BCUT2D eigenvalue weighted by Gasteiger charge is 2.22. The molecule has 7 nitrogen and oxygen atoms in total. The quantitative estimate of drug-likeness (QED) is 0.518. The predicted molar refractivity (Wildman–Crippen MR) is 108 cm³/mol. The van der Waals surface area contributed by atoms with E-state index in [0.29, 0.717) is 0 Å². The Morgan fingerprint density at radius 2 is 1.67 bits per heavy atom. The summed E-state index contributed by atoms with van der Waals surface area (Å²) in [7, 11) is -5.96. The van der Waals surface area contributed by atoms with E-state index in [-0.39, 0.29) is 27.5 Å². The van der Waals surface area contributed by atoms with Crippen molar-refractivity contribution in [2.24, 2.45) is 0 Å². The van der Waals surface area contributed by atoms with Gasteiger partial charge in [-0.25, -0.2) is 17.6 Å². The van der Waals surface area contributed by atoms with Crippen molar-refractivity contribution in [2.75, 3.05) is 5.32 Å². The van der Waals surface area contributed by atoms with Crippen LogP contribution in [-0.4, -0.2) is 31.7 Å². The highest BCUT2D eigenvalue weighted by molar-refractivity contribution is 7.91. The van der Waals surface area contributed by atoms with Gasteiger partial charge in [0.2, 0.25) is 9.84 Å². The van der Waals surface area contributed by atoms with Crippen LogP contribution < -0.4 is 10.8 Å². The van der Waals surface area contributed by atoms with Crippen molar-refractivity contribution in [3.05, 3.63) is 84.2 Å². The second-order valence-corrected chi connectivity index (χ2v) is 8.23. The fourth-order valence-corrected chi connectivity index (χ4v) is 3.94. The van der Waals surface area contributed by atoms with Gasteiger partial charge >= 0.3 is 13.2 Å². The smallest absolute Gasteiger partial charge is 0.444 e. The minimum Gasteiger partial charge on any atom is -0.444 e. The number of carbonyl (C=O) groups excluding carboxylic acids is 1. The molecular formula is C20H17BFNO6S. The molecule has 0 spiro atoms. The molecule has 0 atom stereocenters.